The Hall–Kier alpha value is -2.68. The Kier molecular flexibility index (Phi) is 4.34. The smallest absolute Gasteiger partial charge is 0.0992 e. The van der Waals surface area contributed by atoms with Crippen LogP contribution in [-0.2, 0) is 0 Å². The van der Waals surface area contributed by atoms with Crippen molar-refractivity contribution in [2.24, 2.45) is 11.6 Å². The summed E-state index contributed by atoms with van der Waals surface area (Å²) in [6, 6.07) is 15.3. The average Bonchev–Trinajstić information content (AvgIpc) is 2.71. The van der Waals surface area contributed by atoms with Gasteiger partial charge in [-0.25, -0.2) is 5.84 Å². The topological polar surface area (TPSA) is 82.3 Å². The number of hydrogen-bond donors (Lipinski definition) is 2. The van der Waals surface area contributed by atoms with E-state index < -0.39 is 0 Å². The highest BCUT2D eigenvalue weighted by Crippen LogP contribution is 2.37. The van der Waals surface area contributed by atoms with Crippen molar-refractivity contribution in [1.29, 1.82) is 5.26 Å². The first-order valence-electron chi connectivity index (χ1n) is 7.57. The zero-order chi connectivity index (χ0) is 17.3. The molecule has 0 aromatic heterocycles. The first-order chi connectivity index (χ1) is 11.5. The summed E-state index contributed by atoms with van der Waals surface area (Å²) in [5.41, 5.74) is 10.9. The van der Waals surface area contributed by atoms with Crippen LogP contribution in [0.25, 0.3) is 5.70 Å². The van der Waals surface area contributed by atoms with E-state index in [2.05, 4.69) is 11.0 Å². The number of rotatable bonds is 1. The first kappa shape index (κ1) is 16.2. The Labute approximate surface area is 146 Å². The summed E-state index contributed by atoms with van der Waals surface area (Å²) in [5.74, 6) is 6.21. The number of nitrogens with zero attached hydrogens (tertiary/aromatic N) is 3. The van der Waals surface area contributed by atoms with Crippen molar-refractivity contribution in [1.82, 2.24) is 5.01 Å². The predicted octanol–water partition coefficient (Wildman–Crippen LogP) is 3.19. The molecule has 0 bridgehead atoms. The van der Waals surface area contributed by atoms with Crippen LogP contribution in [0.15, 0.2) is 48.2 Å². The summed E-state index contributed by atoms with van der Waals surface area (Å²) in [4.78, 5) is 2.13. The van der Waals surface area contributed by atoms with Gasteiger partial charge in [0.05, 0.1) is 29.6 Å². The lowest BCUT2D eigenvalue weighted by atomic mass is 10.0. The standard InChI is InChI=1S/C18H18ClN5/c1-12(21)18-16-7-2-13(11-20)10-17(16)23(8-9-24(18)22)15-5-3-14(19)4-6-15/h2-7,10H,8-9,21-22H2,1H3/b18-12-. The van der Waals surface area contributed by atoms with E-state index in [1.54, 1.807) is 11.1 Å². The number of allylic oxidation sites excluding steroid dienone is 1. The van der Waals surface area contributed by atoms with Crippen LogP contribution in [0.2, 0.25) is 5.02 Å². The number of anilines is 2. The number of benzene rings is 2. The van der Waals surface area contributed by atoms with Gasteiger partial charge in [0.1, 0.15) is 0 Å². The molecular formula is C18H18ClN5. The summed E-state index contributed by atoms with van der Waals surface area (Å²) in [5, 5.41) is 11.6. The van der Waals surface area contributed by atoms with E-state index in [-0.39, 0.29) is 0 Å². The Bertz CT molecular complexity index is 831. The van der Waals surface area contributed by atoms with Crippen LogP contribution in [0.3, 0.4) is 0 Å². The molecule has 3 rings (SSSR count). The van der Waals surface area contributed by atoms with Gasteiger partial charge in [0, 0.05) is 28.5 Å². The van der Waals surface area contributed by atoms with E-state index in [9.17, 15) is 5.26 Å². The van der Waals surface area contributed by atoms with Gasteiger partial charge in [0.25, 0.3) is 0 Å². The predicted molar refractivity (Wildman–Crippen MR) is 97.3 cm³/mol. The van der Waals surface area contributed by atoms with Gasteiger partial charge in [0.15, 0.2) is 0 Å². The number of fused-ring (bicyclic) bond motifs is 1. The van der Waals surface area contributed by atoms with Gasteiger partial charge < -0.3 is 15.6 Å². The second-order valence-corrected chi connectivity index (χ2v) is 6.13. The molecule has 0 radical (unpaired) electrons. The minimum atomic E-state index is 0.590. The molecule has 0 aliphatic carbocycles. The van der Waals surface area contributed by atoms with Crippen LogP contribution in [0.1, 0.15) is 18.1 Å². The van der Waals surface area contributed by atoms with E-state index >= 15 is 0 Å². The quantitative estimate of drug-likeness (QED) is 0.780. The summed E-state index contributed by atoms with van der Waals surface area (Å²) in [7, 11) is 0. The lowest BCUT2D eigenvalue weighted by Crippen LogP contribution is -2.34. The van der Waals surface area contributed by atoms with Crippen molar-refractivity contribution in [3.63, 3.8) is 0 Å². The average molecular weight is 340 g/mol. The van der Waals surface area contributed by atoms with E-state index in [1.807, 2.05) is 43.3 Å². The lowest BCUT2D eigenvalue weighted by Gasteiger charge is -2.24. The Balaban J connectivity index is 2.22. The van der Waals surface area contributed by atoms with E-state index in [4.69, 9.17) is 23.2 Å². The molecule has 1 aliphatic rings. The summed E-state index contributed by atoms with van der Waals surface area (Å²) in [6.07, 6.45) is 0. The third-order valence-corrected chi connectivity index (χ3v) is 4.29. The number of hydrazine groups is 1. The molecule has 4 N–H and O–H groups in total. The maximum atomic E-state index is 9.27. The van der Waals surface area contributed by atoms with Gasteiger partial charge in [-0.05, 0) is 49.4 Å². The maximum absolute atomic E-state index is 9.27. The molecule has 24 heavy (non-hydrogen) atoms. The zero-order valence-electron chi connectivity index (χ0n) is 13.3. The molecule has 0 spiro atoms. The third kappa shape index (κ3) is 2.90. The minimum absolute atomic E-state index is 0.590. The molecule has 6 heteroatoms. The number of halogens is 1. The Morgan fingerprint density at radius 1 is 1.17 bits per heavy atom. The largest absolute Gasteiger partial charge is 0.401 e. The van der Waals surface area contributed by atoms with Gasteiger partial charge in [0.2, 0.25) is 0 Å². The Morgan fingerprint density at radius 3 is 2.50 bits per heavy atom. The molecule has 0 fully saturated rings. The van der Waals surface area contributed by atoms with Gasteiger partial charge in [-0.1, -0.05) is 11.6 Å². The van der Waals surface area contributed by atoms with Gasteiger partial charge in [-0.2, -0.15) is 5.26 Å². The number of hydrogen-bond acceptors (Lipinski definition) is 5. The second-order valence-electron chi connectivity index (χ2n) is 5.70. The van der Waals surface area contributed by atoms with Crippen LogP contribution in [-0.4, -0.2) is 18.1 Å². The molecule has 0 unspecified atom stereocenters. The van der Waals surface area contributed by atoms with E-state index in [0.29, 0.717) is 29.4 Å². The monoisotopic (exact) mass is 339 g/mol. The normalized spacial score (nSPS) is 16.2. The fourth-order valence-corrected chi connectivity index (χ4v) is 3.07. The molecule has 1 heterocycles. The van der Waals surface area contributed by atoms with E-state index in [0.717, 1.165) is 22.6 Å². The molecule has 0 atom stereocenters. The number of nitriles is 1. The van der Waals surface area contributed by atoms with Crippen molar-refractivity contribution in [3.05, 3.63) is 64.3 Å². The van der Waals surface area contributed by atoms with Crippen LogP contribution in [0.4, 0.5) is 11.4 Å². The molecule has 0 amide bonds. The van der Waals surface area contributed by atoms with Crippen molar-refractivity contribution < 1.29 is 0 Å². The lowest BCUT2D eigenvalue weighted by molar-refractivity contribution is 0.428. The van der Waals surface area contributed by atoms with Gasteiger partial charge >= 0.3 is 0 Å². The van der Waals surface area contributed by atoms with Crippen molar-refractivity contribution in [3.8, 4) is 6.07 Å². The maximum Gasteiger partial charge on any atom is 0.0992 e. The molecule has 122 valence electrons. The summed E-state index contributed by atoms with van der Waals surface area (Å²) < 4.78 is 0. The first-order valence-corrected chi connectivity index (χ1v) is 7.95. The summed E-state index contributed by atoms with van der Waals surface area (Å²) in [6.45, 7) is 3.09. The summed E-state index contributed by atoms with van der Waals surface area (Å²) >= 11 is 6.00. The molecule has 2 aromatic carbocycles. The molecular weight excluding hydrogens is 322 g/mol. The van der Waals surface area contributed by atoms with Crippen LogP contribution >= 0.6 is 11.6 Å². The number of nitrogens with two attached hydrogens (primary N) is 2. The fourth-order valence-electron chi connectivity index (χ4n) is 2.95. The molecule has 1 aliphatic heterocycles. The molecule has 5 nitrogen and oxygen atoms in total. The highest BCUT2D eigenvalue weighted by Gasteiger charge is 2.24. The fraction of sp³-hybridized carbons (Fsp3) is 0.167. The molecule has 2 aromatic rings. The van der Waals surface area contributed by atoms with Gasteiger partial charge in [-0.3, -0.25) is 0 Å². The van der Waals surface area contributed by atoms with Crippen LogP contribution < -0.4 is 16.5 Å². The third-order valence-electron chi connectivity index (χ3n) is 4.04. The second kappa shape index (κ2) is 6.44. The van der Waals surface area contributed by atoms with Crippen molar-refractivity contribution in [2.45, 2.75) is 6.92 Å². The van der Waals surface area contributed by atoms with Crippen LogP contribution in [0, 0.1) is 11.3 Å². The highest BCUT2D eigenvalue weighted by atomic mass is 35.5. The SMILES string of the molecule is C/C(N)=C1\c2ccc(C#N)cc2N(c2ccc(Cl)cc2)CCN1N. The highest BCUT2D eigenvalue weighted by molar-refractivity contribution is 6.30. The Morgan fingerprint density at radius 2 is 1.88 bits per heavy atom. The minimum Gasteiger partial charge on any atom is -0.401 e. The van der Waals surface area contributed by atoms with Crippen molar-refractivity contribution >= 4 is 28.7 Å². The van der Waals surface area contributed by atoms with Crippen LogP contribution in [0.5, 0.6) is 0 Å². The van der Waals surface area contributed by atoms with Gasteiger partial charge in [-0.15, -0.1) is 0 Å². The molecule has 0 saturated carbocycles. The van der Waals surface area contributed by atoms with E-state index in [1.165, 1.54) is 0 Å². The van der Waals surface area contributed by atoms with Crippen molar-refractivity contribution in [2.75, 3.05) is 18.0 Å². The molecule has 0 saturated heterocycles. The zero-order valence-corrected chi connectivity index (χ0v) is 14.1.